The molecule has 5 heteroatoms. The molecule has 84 valence electrons. The van der Waals surface area contributed by atoms with Gasteiger partial charge in [-0.1, -0.05) is 6.42 Å². The second-order valence-electron chi connectivity index (χ2n) is 4.07. The Kier molecular flexibility index (Phi) is 3.20. The maximum Gasteiger partial charge on any atom is 0.436 e. The van der Waals surface area contributed by atoms with Gasteiger partial charge in [0.1, 0.15) is 0 Å². The lowest BCUT2D eigenvalue weighted by molar-refractivity contribution is 0.365. The van der Waals surface area contributed by atoms with E-state index in [2.05, 4.69) is 10.4 Å². The number of aromatic nitrogens is 2. The third kappa shape index (κ3) is 2.68. The molecule has 1 N–H and O–H groups in total. The zero-order valence-electron chi connectivity index (χ0n) is 9.03. The Hall–Kier alpha value is -1.10. The fraction of sp³-hybridized carbons (Fsp3) is 0.800. The zero-order valence-corrected chi connectivity index (χ0v) is 9.03. The number of aryl methyl sites for hydroxylation is 2. The summed E-state index contributed by atoms with van der Waals surface area (Å²) >= 11 is 0. The highest BCUT2D eigenvalue weighted by Crippen LogP contribution is 2.11. The molecular formula is C10H17N3O2. The summed E-state index contributed by atoms with van der Waals surface area (Å²) in [7, 11) is 1.61. The summed E-state index contributed by atoms with van der Waals surface area (Å²) in [6, 6.07) is 0.561. The van der Waals surface area contributed by atoms with E-state index in [0.717, 1.165) is 19.4 Å². The van der Waals surface area contributed by atoms with E-state index in [1.807, 2.05) is 0 Å². The van der Waals surface area contributed by atoms with Crippen LogP contribution in [0.4, 0.5) is 0 Å². The first-order chi connectivity index (χ1) is 7.25. The highest BCUT2D eigenvalue weighted by Gasteiger charge is 2.14. The fourth-order valence-corrected chi connectivity index (χ4v) is 1.96. The summed E-state index contributed by atoms with van der Waals surface area (Å²) in [5.41, 5.74) is 0. The number of hydrogen-bond donors (Lipinski definition) is 1. The van der Waals surface area contributed by atoms with Crippen LogP contribution in [0.5, 0.6) is 0 Å². The molecule has 2 heterocycles. The van der Waals surface area contributed by atoms with E-state index in [4.69, 9.17) is 4.42 Å². The molecule has 5 nitrogen and oxygen atoms in total. The standard InChI is InChI=1S/C10H17N3O2/c1-13-10(14)15-9(12-13)6-5-8-4-2-3-7-11-8/h8,11H,2-7H2,1H3. The maximum absolute atomic E-state index is 11.0. The van der Waals surface area contributed by atoms with Crippen LogP contribution in [0.3, 0.4) is 0 Å². The molecule has 1 unspecified atom stereocenters. The van der Waals surface area contributed by atoms with Gasteiger partial charge in [0, 0.05) is 19.5 Å². The highest BCUT2D eigenvalue weighted by atomic mass is 16.4. The van der Waals surface area contributed by atoms with Crippen molar-refractivity contribution in [1.29, 1.82) is 0 Å². The number of nitrogens with zero attached hydrogens (tertiary/aromatic N) is 2. The first kappa shape index (κ1) is 10.4. The van der Waals surface area contributed by atoms with E-state index in [9.17, 15) is 4.79 Å². The lowest BCUT2D eigenvalue weighted by Crippen LogP contribution is -2.34. The van der Waals surface area contributed by atoms with Crippen LogP contribution in [-0.2, 0) is 13.5 Å². The average molecular weight is 211 g/mol. The van der Waals surface area contributed by atoms with E-state index < -0.39 is 0 Å². The second-order valence-corrected chi connectivity index (χ2v) is 4.07. The van der Waals surface area contributed by atoms with E-state index in [1.165, 1.54) is 23.9 Å². The first-order valence-electron chi connectivity index (χ1n) is 5.52. The molecule has 0 aromatic carbocycles. The van der Waals surface area contributed by atoms with Crippen molar-refractivity contribution in [3.8, 4) is 0 Å². The molecule has 0 bridgehead atoms. The number of hydrogen-bond acceptors (Lipinski definition) is 4. The molecule has 1 aromatic heterocycles. The Bertz CT molecular complexity index is 363. The Morgan fingerprint density at radius 1 is 1.60 bits per heavy atom. The smallest absolute Gasteiger partial charge is 0.392 e. The van der Waals surface area contributed by atoms with Crippen LogP contribution in [-0.4, -0.2) is 22.4 Å². The monoisotopic (exact) mass is 211 g/mol. The predicted octanol–water partition coefficient (Wildman–Crippen LogP) is 0.448. The summed E-state index contributed by atoms with van der Waals surface area (Å²) in [4.78, 5) is 11.0. The normalized spacial score (nSPS) is 21.8. The molecular weight excluding hydrogens is 194 g/mol. The summed E-state index contributed by atoms with van der Waals surface area (Å²) in [6.45, 7) is 1.11. The Labute approximate surface area is 88.5 Å². The van der Waals surface area contributed by atoms with Crippen LogP contribution in [0, 0.1) is 0 Å². The van der Waals surface area contributed by atoms with Gasteiger partial charge in [0.2, 0.25) is 5.89 Å². The van der Waals surface area contributed by atoms with E-state index >= 15 is 0 Å². The molecule has 1 aromatic rings. The number of nitrogens with one attached hydrogen (secondary N) is 1. The molecule has 1 aliphatic heterocycles. The van der Waals surface area contributed by atoms with Crippen molar-refractivity contribution in [2.45, 2.75) is 38.1 Å². The quantitative estimate of drug-likeness (QED) is 0.788. The lowest BCUT2D eigenvalue weighted by Gasteiger charge is -2.22. The summed E-state index contributed by atoms with van der Waals surface area (Å²) < 4.78 is 6.21. The minimum absolute atomic E-state index is 0.374. The maximum atomic E-state index is 11.0. The van der Waals surface area contributed by atoms with Crippen molar-refractivity contribution >= 4 is 0 Å². The van der Waals surface area contributed by atoms with Crippen molar-refractivity contribution in [1.82, 2.24) is 15.1 Å². The van der Waals surface area contributed by atoms with Crippen LogP contribution in [0.2, 0.25) is 0 Å². The van der Waals surface area contributed by atoms with Gasteiger partial charge in [-0.3, -0.25) is 0 Å². The third-order valence-electron chi connectivity index (χ3n) is 2.85. The Morgan fingerprint density at radius 3 is 3.07 bits per heavy atom. The number of piperidine rings is 1. The van der Waals surface area contributed by atoms with Gasteiger partial charge in [0.05, 0.1) is 0 Å². The fourth-order valence-electron chi connectivity index (χ4n) is 1.96. The van der Waals surface area contributed by atoms with E-state index in [0.29, 0.717) is 11.9 Å². The van der Waals surface area contributed by atoms with Crippen LogP contribution < -0.4 is 11.1 Å². The first-order valence-corrected chi connectivity index (χ1v) is 5.52. The van der Waals surface area contributed by atoms with Crippen molar-refractivity contribution in [2.75, 3.05) is 6.54 Å². The molecule has 0 aliphatic carbocycles. The predicted molar refractivity (Wildman–Crippen MR) is 55.7 cm³/mol. The SMILES string of the molecule is Cn1nc(CCC2CCCCN2)oc1=O. The molecule has 0 amide bonds. The van der Waals surface area contributed by atoms with Gasteiger partial charge in [-0.2, -0.15) is 4.68 Å². The van der Waals surface area contributed by atoms with Gasteiger partial charge in [-0.05, 0) is 25.8 Å². The van der Waals surface area contributed by atoms with Crippen LogP contribution in [0.1, 0.15) is 31.6 Å². The van der Waals surface area contributed by atoms with Crippen molar-refractivity contribution in [2.24, 2.45) is 7.05 Å². The second kappa shape index (κ2) is 4.61. The van der Waals surface area contributed by atoms with Gasteiger partial charge in [-0.15, -0.1) is 5.10 Å². The number of rotatable bonds is 3. The highest BCUT2D eigenvalue weighted by molar-refractivity contribution is 4.80. The third-order valence-corrected chi connectivity index (χ3v) is 2.85. The molecule has 2 rings (SSSR count). The Balaban J connectivity index is 1.84. The van der Waals surface area contributed by atoms with Crippen LogP contribution >= 0.6 is 0 Å². The van der Waals surface area contributed by atoms with Gasteiger partial charge >= 0.3 is 5.76 Å². The Morgan fingerprint density at radius 2 is 2.47 bits per heavy atom. The van der Waals surface area contributed by atoms with E-state index in [1.54, 1.807) is 7.05 Å². The summed E-state index contributed by atoms with van der Waals surface area (Å²) in [6.07, 6.45) is 5.53. The minimum atomic E-state index is -0.374. The molecule has 0 saturated carbocycles. The topological polar surface area (TPSA) is 60.1 Å². The summed E-state index contributed by atoms with van der Waals surface area (Å²) in [5.74, 6) is 0.177. The summed E-state index contributed by atoms with van der Waals surface area (Å²) in [5, 5.41) is 7.46. The molecule has 15 heavy (non-hydrogen) atoms. The molecule has 0 spiro atoms. The van der Waals surface area contributed by atoms with Crippen molar-refractivity contribution in [3.63, 3.8) is 0 Å². The van der Waals surface area contributed by atoms with Gasteiger partial charge in [-0.25, -0.2) is 4.79 Å². The molecule has 1 aliphatic rings. The van der Waals surface area contributed by atoms with Gasteiger partial charge < -0.3 is 9.73 Å². The zero-order chi connectivity index (χ0) is 10.7. The largest absolute Gasteiger partial charge is 0.436 e. The van der Waals surface area contributed by atoms with E-state index in [-0.39, 0.29) is 5.76 Å². The molecule has 1 atom stereocenters. The van der Waals surface area contributed by atoms with Crippen LogP contribution in [0.25, 0.3) is 0 Å². The van der Waals surface area contributed by atoms with Gasteiger partial charge in [0.25, 0.3) is 0 Å². The van der Waals surface area contributed by atoms with Crippen molar-refractivity contribution < 1.29 is 4.42 Å². The van der Waals surface area contributed by atoms with Crippen molar-refractivity contribution in [3.05, 3.63) is 16.4 Å². The van der Waals surface area contributed by atoms with Crippen LogP contribution in [0.15, 0.2) is 9.21 Å². The molecule has 1 fully saturated rings. The molecule has 1 saturated heterocycles. The average Bonchev–Trinajstić information content (AvgIpc) is 2.57. The lowest BCUT2D eigenvalue weighted by atomic mass is 10.0. The molecule has 0 radical (unpaired) electrons. The minimum Gasteiger partial charge on any atom is -0.392 e. The van der Waals surface area contributed by atoms with Gasteiger partial charge in [0.15, 0.2) is 0 Å².